The molecule has 1 heterocycles. The van der Waals surface area contributed by atoms with Crippen molar-refractivity contribution in [1.29, 1.82) is 0 Å². The highest BCUT2D eigenvalue weighted by molar-refractivity contribution is 7.99. The molecule has 8 heteroatoms. The molecule has 0 unspecified atom stereocenters. The number of tetrazole rings is 1. The van der Waals surface area contributed by atoms with Crippen LogP contribution in [-0.4, -0.2) is 39.7 Å². The Morgan fingerprint density at radius 2 is 1.92 bits per heavy atom. The molecule has 0 fully saturated rings. The van der Waals surface area contributed by atoms with Crippen molar-refractivity contribution in [3.05, 3.63) is 54.3 Å². The predicted molar refractivity (Wildman–Crippen MR) is 92.9 cm³/mol. The van der Waals surface area contributed by atoms with Crippen molar-refractivity contribution in [2.75, 3.05) is 19.5 Å². The van der Waals surface area contributed by atoms with E-state index in [0.29, 0.717) is 23.3 Å². The van der Waals surface area contributed by atoms with Gasteiger partial charge in [0.15, 0.2) is 0 Å². The van der Waals surface area contributed by atoms with Gasteiger partial charge < -0.3 is 9.47 Å². The van der Waals surface area contributed by atoms with Crippen LogP contribution in [0.5, 0.6) is 11.5 Å². The van der Waals surface area contributed by atoms with Crippen molar-refractivity contribution in [3.8, 4) is 17.2 Å². The lowest BCUT2D eigenvalue weighted by molar-refractivity contribution is 0.318. The van der Waals surface area contributed by atoms with Gasteiger partial charge in [-0.25, -0.2) is 4.39 Å². The maximum Gasteiger partial charge on any atom is 0.214 e. The first-order valence-electron chi connectivity index (χ1n) is 7.71. The summed E-state index contributed by atoms with van der Waals surface area (Å²) in [7, 11) is 1.61. The molecule has 6 nitrogen and oxygen atoms in total. The molecule has 0 saturated carbocycles. The summed E-state index contributed by atoms with van der Waals surface area (Å²) in [5, 5.41) is 12.5. The van der Waals surface area contributed by atoms with Crippen molar-refractivity contribution in [2.45, 2.75) is 11.6 Å². The summed E-state index contributed by atoms with van der Waals surface area (Å²) in [5.41, 5.74) is 0.792. The van der Waals surface area contributed by atoms with Gasteiger partial charge in [-0.05, 0) is 53.2 Å². The number of rotatable bonds is 8. The first-order valence-corrected chi connectivity index (χ1v) is 8.69. The Balaban J connectivity index is 1.53. The van der Waals surface area contributed by atoms with Crippen molar-refractivity contribution in [3.63, 3.8) is 0 Å². The number of methoxy groups -OCH3 is 1. The second kappa shape index (κ2) is 8.48. The molecular weight excluding hydrogens is 343 g/mol. The topological polar surface area (TPSA) is 62.1 Å². The van der Waals surface area contributed by atoms with Gasteiger partial charge >= 0.3 is 0 Å². The lowest BCUT2D eigenvalue weighted by atomic mass is 10.3. The van der Waals surface area contributed by atoms with Gasteiger partial charge in [0.2, 0.25) is 5.16 Å². The maximum atomic E-state index is 12.8. The van der Waals surface area contributed by atoms with E-state index in [9.17, 15) is 4.39 Å². The summed E-state index contributed by atoms with van der Waals surface area (Å²) < 4.78 is 25.4. The van der Waals surface area contributed by atoms with Gasteiger partial charge in [-0.2, -0.15) is 4.68 Å². The summed E-state index contributed by atoms with van der Waals surface area (Å²) in [5.74, 6) is 1.88. The largest absolute Gasteiger partial charge is 0.494 e. The number of thioether (sulfide) groups is 1. The zero-order valence-corrected chi connectivity index (χ0v) is 14.4. The Hall–Kier alpha value is -2.61. The van der Waals surface area contributed by atoms with E-state index in [0.717, 1.165) is 17.9 Å². The van der Waals surface area contributed by atoms with Crippen LogP contribution in [0.15, 0.2) is 53.7 Å². The Morgan fingerprint density at radius 3 is 2.72 bits per heavy atom. The molecule has 3 rings (SSSR count). The van der Waals surface area contributed by atoms with Crippen molar-refractivity contribution < 1.29 is 13.9 Å². The molecule has 1 aromatic heterocycles. The van der Waals surface area contributed by atoms with Crippen LogP contribution in [0.3, 0.4) is 0 Å². The average molecular weight is 360 g/mol. The SMILES string of the molecule is COc1ccccc1-n1nnnc1SCCCOc1ccc(F)cc1. The number of halogens is 1. The Labute approximate surface area is 149 Å². The van der Waals surface area contributed by atoms with Gasteiger partial charge in [0.1, 0.15) is 23.0 Å². The monoisotopic (exact) mass is 360 g/mol. The smallest absolute Gasteiger partial charge is 0.214 e. The van der Waals surface area contributed by atoms with Crippen LogP contribution in [-0.2, 0) is 0 Å². The molecule has 0 saturated heterocycles. The highest BCUT2D eigenvalue weighted by Gasteiger charge is 2.12. The van der Waals surface area contributed by atoms with Gasteiger partial charge in [0.25, 0.3) is 0 Å². The molecule has 25 heavy (non-hydrogen) atoms. The van der Waals surface area contributed by atoms with Gasteiger partial charge in [0.05, 0.1) is 13.7 Å². The number of aromatic nitrogens is 4. The van der Waals surface area contributed by atoms with E-state index in [1.54, 1.807) is 23.9 Å². The predicted octanol–water partition coefficient (Wildman–Crippen LogP) is 3.37. The third kappa shape index (κ3) is 4.48. The van der Waals surface area contributed by atoms with Gasteiger partial charge in [-0.1, -0.05) is 23.9 Å². The van der Waals surface area contributed by atoms with Crippen molar-refractivity contribution >= 4 is 11.8 Å². The summed E-state index contributed by atoms with van der Waals surface area (Å²) in [6, 6.07) is 13.6. The highest BCUT2D eigenvalue weighted by Crippen LogP contribution is 2.25. The molecule has 130 valence electrons. The Bertz CT molecular complexity index is 810. The van der Waals surface area contributed by atoms with Crippen molar-refractivity contribution in [2.24, 2.45) is 0 Å². The molecule has 0 spiro atoms. The van der Waals surface area contributed by atoms with E-state index >= 15 is 0 Å². The van der Waals surface area contributed by atoms with Gasteiger partial charge in [0, 0.05) is 5.75 Å². The minimum absolute atomic E-state index is 0.272. The third-order valence-corrected chi connectivity index (χ3v) is 4.36. The van der Waals surface area contributed by atoms with Crippen LogP contribution < -0.4 is 9.47 Å². The van der Waals surface area contributed by atoms with Crippen LogP contribution in [0.25, 0.3) is 5.69 Å². The van der Waals surface area contributed by atoms with Crippen LogP contribution in [0.4, 0.5) is 4.39 Å². The van der Waals surface area contributed by atoms with Crippen LogP contribution in [0.2, 0.25) is 0 Å². The summed E-state index contributed by atoms with van der Waals surface area (Å²) in [6.45, 7) is 0.537. The lowest BCUT2D eigenvalue weighted by Gasteiger charge is -2.09. The number of para-hydroxylation sites is 2. The minimum atomic E-state index is -0.272. The van der Waals surface area contributed by atoms with Crippen LogP contribution in [0.1, 0.15) is 6.42 Å². The van der Waals surface area contributed by atoms with Crippen molar-refractivity contribution in [1.82, 2.24) is 20.2 Å². The quantitative estimate of drug-likeness (QED) is 0.453. The zero-order chi connectivity index (χ0) is 17.5. The fourth-order valence-corrected chi connectivity index (χ4v) is 2.96. The number of hydrogen-bond donors (Lipinski definition) is 0. The molecule has 0 aliphatic carbocycles. The van der Waals surface area contributed by atoms with E-state index in [1.165, 1.54) is 23.9 Å². The van der Waals surface area contributed by atoms with E-state index < -0.39 is 0 Å². The summed E-state index contributed by atoms with van der Waals surface area (Å²) in [4.78, 5) is 0. The van der Waals surface area contributed by atoms with E-state index in [4.69, 9.17) is 9.47 Å². The fraction of sp³-hybridized carbons (Fsp3) is 0.235. The van der Waals surface area contributed by atoms with Gasteiger partial charge in [-0.15, -0.1) is 5.10 Å². The number of nitrogens with zero attached hydrogens (tertiary/aromatic N) is 4. The van der Waals surface area contributed by atoms with Crippen LogP contribution >= 0.6 is 11.8 Å². The van der Waals surface area contributed by atoms with Crippen LogP contribution in [0, 0.1) is 5.82 Å². The molecular formula is C17H17FN4O2S. The van der Waals surface area contributed by atoms with E-state index in [1.807, 2.05) is 24.3 Å². The molecule has 2 aromatic carbocycles. The second-order valence-electron chi connectivity index (χ2n) is 5.05. The fourth-order valence-electron chi connectivity index (χ4n) is 2.17. The summed E-state index contributed by atoms with van der Waals surface area (Å²) in [6.07, 6.45) is 0.806. The number of benzene rings is 2. The zero-order valence-electron chi connectivity index (χ0n) is 13.6. The summed E-state index contributed by atoms with van der Waals surface area (Å²) >= 11 is 1.54. The molecule has 0 aliphatic heterocycles. The van der Waals surface area contributed by atoms with Gasteiger partial charge in [-0.3, -0.25) is 0 Å². The maximum absolute atomic E-state index is 12.8. The molecule has 0 bridgehead atoms. The average Bonchev–Trinajstić information content (AvgIpc) is 3.11. The molecule has 0 radical (unpaired) electrons. The van der Waals surface area contributed by atoms with E-state index in [2.05, 4.69) is 15.5 Å². The molecule has 0 aliphatic rings. The minimum Gasteiger partial charge on any atom is -0.494 e. The number of hydrogen-bond acceptors (Lipinski definition) is 6. The lowest BCUT2D eigenvalue weighted by Crippen LogP contribution is -2.03. The van der Waals surface area contributed by atoms with E-state index in [-0.39, 0.29) is 5.82 Å². The standard InChI is InChI=1S/C17H17FN4O2S/c1-23-16-6-3-2-5-15(16)22-17(19-20-21-22)25-12-4-11-24-14-9-7-13(18)8-10-14/h2-3,5-10H,4,11-12H2,1H3. The molecule has 0 N–H and O–H groups in total. The molecule has 3 aromatic rings. The highest BCUT2D eigenvalue weighted by atomic mass is 32.2. The third-order valence-electron chi connectivity index (χ3n) is 3.36. The first-order chi connectivity index (χ1) is 12.3. The Morgan fingerprint density at radius 1 is 1.12 bits per heavy atom. The second-order valence-corrected chi connectivity index (χ2v) is 6.11. The molecule has 0 amide bonds. The number of ether oxygens (including phenoxy) is 2. The normalized spacial score (nSPS) is 10.6. The Kier molecular flexibility index (Phi) is 5.84. The molecule has 0 atom stereocenters. The first kappa shape index (κ1) is 17.2.